The van der Waals surface area contributed by atoms with Crippen molar-refractivity contribution in [2.24, 2.45) is 5.92 Å². The Morgan fingerprint density at radius 1 is 1.35 bits per heavy atom. The van der Waals surface area contributed by atoms with Gasteiger partial charge in [-0.3, -0.25) is 0 Å². The fourth-order valence-corrected chi connectivity index (χ4v) is 5.32. The number of rotatable bonds is 4. The summed E-state index contributed by atoms with van der Waals surface area (Å²) < 4.78 is 26.8. The molecule has 1 aromatic carbocycles. The van der Waals surface area contributed by atoms with Gasteiger partial charge < -0.3 is 5.73 Å². The number of hydrogen-bond donors (Lipinski definition) is 1. The van der Waals surface area contributed by atoms with Crippen molar-refractivity contribution in [3.05, 3.63) is 22.2 Å². The SMILES string of the molecule is CCCC1CCN(S(=O)(=O)c2c(Cl)cc(N)cc2Cl)C1. The van der Waals surface area contributed by atoms with Crippen LogP contribution in [0.2, 0.25) is 10.0 Å². The first-order valence-corrected chi connectivity index (χ1v) is 8.80. The normalized spacial score (nSPS) is 20.4. The monoisotopic (exact) mass is 336 g/mol. The van der Waals surface area contributed by atoms with Crippen LogP contribution in [0, 0.1) is 5.92 Å². The van der Waals surface area contributed by atoms with E-state index in [-0.39, 0.29) is 14.9 Å². The third-order valence-corrected chi connectivity index (χ3v) is 6.35. The van der Waals surface area contributed by atoms with Crippen LogP contribution in [0.1, 0.15) is 26.2 Å². The summed E-state index contributed by atoms with van der Waals surface area (Å²) in [6, 6.07) is 2.83. The van der Waals surface area contributed by atoms with Crippen LogP contribution in [0.5, 0.6) is 0 Å². The molecule has 1 heterocycles. The molecule has 1 aliphatic heterocycles. The molecule has 1 aliphatic rings. The van der Waals surface area contributed by atoms with Gasteiger partial charge >= 0.3 is 0 Å². The molecular weight excluding hydrogens is 319 g/mol. The van der Waals surface area contributed by atoms with Crippen LogP contribution in [0.15, 0.2) is 17.0 Å². The van der Waals surface area contributed by atoms with Crippen LogP contribution in [0.3, 0.4) is 0 Å². The molecule has 2 N–H and O–H groups in total. The van der Waals surface area contributed by atoms with Gasteiger partial charge in [0.05, 0.1) is 10.0 Å². The maximum Gasteiger partial charge on any atom is 0.246 e. The first kappa shape index (κ1) is 15.9. The molecule has 20 heavy (non-hydrogen) atoms. The molecule has 0 saturated carbocycles. The van der Waals surface area contributed by atoms with E-state index in [1.54, 1.807) is 0 Å². The molecule has 0 bridgehead atoms. The van der Waals surface area contributed by atoms with Crippen LogP contribution in [0.25, 0.3) is 0 Å². The molecular formula is C13H18Cl2N2O2S. The largest absolute Gasteiger partial charge is 0.399 e. The van der Waals surface area contributed by atoms with Crippen LogP contribution in [0.4, 0.5) is 5.69 Å². The lowest BCUT2D eigenvalue weighted by Gasteiger charge is -2.18. The molecule has 1 unspecified atom stereocenters. The van der Waals surface area contributed by atoms with Crippen molar-refractivity contribution < 1.29 is 8.42 Å². The zero-order valence-corrected chi connectivity index (χ0v) is 13.6. The van der Waals surface area contributed by atoms with Crippen molar-refractivity contribution >= 4 is 38.9 Å². The minimum atomic E-state index is -3.65. The van der Waals surface area contributed by atoms with Gasteiger partial charge in [0.25, 0.3) is 0 Å². The molecule has 2 rings (SSSR count). The Morgan fingerprint density at radius 3 is 2.50 bits per heavy atom. The van der Waals surface area contributed by atoms with E-state index >= 15 is 0 Å². The second kappa shape index (κ2) is 6.10. The molecule has 0 amide bonds. The minimum Gasteiger partial charge on any atom is -0.399 e. The van der Waals surface area contributed by atoms with Gasteiger partial charge in [-0.25, -0.2) is 8.42 Å². The molecule has 1 atom stereocenters. The van der Waals surface area contributed by atoms with Gasteiger partial charge in [-0.05, 0) is 30.9 Å². The summed E-state index contributed by atoms with van der Waals surface area (Å²) in [6.45, 7) is 3.15. The number of hydrogen-bond acceptors (Lipinski definition) is 3. The van der Waals surface area contributed by atoms with E-state index in [1.165, 1.54) is 16.4 Å². The molecule has 0 aliphatic carbocycles. The highest BCUT2D eigenvalue weighted by Gasteiger charge is 2.34. The summed E-state index contributed by atoms with van der Waals surface area (Å²) in [5.74, 6) is 0.418. The summed E-state index contributed by atoms with van der Waals surface area (Å²) >= 11 is 12.1. The number of benzene rings is 1. The third-order valence-electron chi connectivity index (χ3n) is 3.56. The van der Waals surface area contributed by atoms with Crippen molar-refractivity contribution in [3.8, 4) is 0 Å². The predicted molar refractivity (Wildman–Crippen MR) is 82.6 cm³/mol. The second-order valence-corrected chi connectivity index (χ2v) is 7.81. The van der Waals surface area contributed by atoms with Gasteiger partial charge in [0.15, 0.2) is 0 Å². The van der Waals surface area contributed by atoms with Gasteiger partial charge in [-0.1, -0.05) is 36.5 Å². The Hall–Kier alpha value is -0.490. The Morgan fingerprint density at radius 2 is 1.95 bits per heavy atom. The Bertz CT molecular complexity index is 581. The number of sulfonamides is 1. The fourth-order valence-electron chi connectivity index (χ4n) is 2.61. The fraction of sp³-hybridized carbons (Fsp3) is 0.538. The van der Waals surface area contributed by atoms with E-state index in [9.17, 15) is 8.42 Å². The Balaban J connectivity index is 2.33. The number of nitrogen functional groups attached to an aromatic ring is 1. The molecule has 4 nitrogen and oxygen atoms in total. The van der Waals surface area contributed by atoms with Gasteiger partial charge in [0.1, 0.15) is 4.90 Å². The lowest BCUT2D eigenvalue weighted by molar-refractivity contribution is 0.444. The lowest BCUT2D eigenvalue weighted by atomic mass is 10.0. The van der Waals surface area contributed by atoms with Crippen LogP contribution >= 0.6 is 23.2 Å². The molecule has 0 spiro atoms. The maximum atomic E-state index is 12.7. The van der Waals surface area contributed by atoms with E-state index in [0.717, 1.165) is 19.3 Å². The third kappa shape index (κ3) is 3.06. The number of nitrogens with two attached hydrogens (primary N) is 1. The molecule has 1 fully saturated rings. The van der Waals surface area contributed by atoms with Crippen molar-refractivity contribution in [3.63, 3.8) is 0 Å². The minimum absolute atomic E-state index is 0.0350. The second-order valence-electron chi connectivity index (χ2n) is 5.12. The number of nitrogens with zero attached hydrogens (tertiary/aromatic N) is 1. The first-order valence-electron chi connectivity index (χ1n) is 6.61. The quantitative estimate of drug-likeness (QED) is 0.857. The zero-order chi connectivity index (χ0) is 14.9. The average Bonchev–Trinajstić information content (AvgIpc) is 2.76. The maximum absolute atomic E-state index is 12.7. The Kier molecular flexibility index (Phi) is 4.84. The molecule has 1 saturated heterocycles. The van der Waals surface area contributed by atoms with Crippen molar-refractivity contribution in [2.75, 3.05) is 18.8 Å². The van der Waals surface area contributed by atoms with Gasteiger partial charge in [-0.15, -0.1) is 0 Å². The summed E-state index contributed by atoms with van der Waals surface area (Å²) in [4.78, 5) is -0.0350. The van der Waals surface area contributed by atoms with Crippen molar-refractivity contribution in [2.45, 2.75) is 31.1 Å². The molecule has 0 aromatic heterocycles. The summed E-state index contributed by atoms with van der Waals surface area (Å²) in [7, 11) is -3.65. The number of halogens is 2. The highest BCUT2D eigenvalue weighted by atomic mass is 35.5. The Labute approximate surface area is 129 Å². The van der Waals surface area contributed by atoms with Crippen LogP contribution < -0.4 is 5.73 Å². The average molecular weight is 337 g/mol. The van der Waals surface area contributed by atoms with Gasteiger partial charge in [0, 0.05) is 18.8 Å². The topological polar surface area (TPSA) is 63.4 Å². The van der Waals surface area contributed by atoms with Gasteiger partial charge in [0.2, 0.25) is 10.0 Å². The van der Waals surface area contributed by atoms with Crippen LogP contribution in [-0.2, 0) is 10.0 Å². The van der Waals surface area contributed by atoms with Crippen molar-refractivity contribution in [1.29, 1.82) is 0 Å². The number of anilines is 1. The first-order chi connectivity index (χ1) is 9.36. The summed E-state index contributed by atoms with van der Waals surface area (Å²) in [5, 5.41) is 0.155. The zero-order valence-electron chi connectivity index (χ0n) is 11.3. The smallest absolute Gasteiger partial charge is 0.246 e. The highest BCUT2D eigenvalue weighted by molar-refractivity contribution is 7.89. The molecule has 1 aromatic rings. The summed E-state index contributed by atoms with van der Waals surface area (Å²) in [5.41, 5.74) is 5.96. The van der Waals surface area contributed by atoms with E-state index in [2.05, 4.69) is 6.92 Å². The van der Waals surface area contributed by atoms with E-state index in [0.29, 0.717) is 24.7 Å². The standard InChI is InChI=1S/C13H18Cl2N2O2S/c1-2-3-9-4-5-17(8-9)20(18,19)13-11(14)6-10(16)7-12(13)15/h6-7,9H,2-5,8,16H2,1H3. The predicted octanol–water partition coefficient (Wildman–Crippen LogP) is 3.39. The van der Waals surface area contributed by atoms with Gasteiger partial charge in [-0.2, -0.15) is 4.31 Å². The highest BCUT2D eigenvalue weighted by Crippen LogP contribution is 2.36. The lowest BCUT2D eigenvalue weighted by Crippen LogP contribution is -2.29. The summed E-state index contributed by atoms with van der Waals surface area (Å²) in [6.07, 6.45) is 2.98. The van der Waals surface area contributed by atoms with E-state index < -0.39 is 10.0 Å². The molecule has 112 valence electrons. The van der Waals surface area contributed by atoms with E-state index in [1.807, 2.05) is 0 Å². The van der Waals surface area contributed by atoms with Crippen LogP contribution in [-0.4, -0.2) is 25.8 Å². The van der Waals surface area contributed by atoms with E-state index in [4.69, 9.17) is 28.9 Å². The molecule has 0 radical (unpaired) electrons. The van der Waals surface area contributed by atoms with Crippen molar-refractivity contribution in [1.82, 2.24) is 4.31 Å². The molecule has 7 heteroatoms.